The molecule has 0 saturated carbocycles. The molecule has 1 fully saturated rings. The molecule has 2 rings (SSSR count). The van der Waals surface area contributed by atoms with E-state index < -0.39 is 0 Å². The van der Waals surface area contributed by atoms with Gasteiger partial charge in [0.25, 0.3) is 0 Å². The zero-order valence-electron chi connectivity index (χ0n) is 10.7. The van der Waals surface area contributed by atoms with E-state index in [1.165, 1.54) is 6.07 Å². The smallest absolute Gasteiger partial charge is 0.178 e. The van der Waals surface area contributed by atoms with E-state index in [9.17, 15) is 4.39 Å². The normalized spacial score (nSPS) is 23.7. The number of benzene rings is 1. The standard InChI is InChI=1S/C13H19FN2O2/c1-9-7-17-10(6-16-9)8-18-13-11(14)4-3-5-12(13)15-2/h3-5,9-10,15-16H,6-8H2,1-2H3/t9-,10+/m1/s1. The van der Waals surface area contributed by atoms with Crippen LogP contribution >= 0.6 is 0 Å². The fourth-order valence-electron chi connectivity index (χ4n) is 1.87. The van der Waals surface area contributed by atoms with Gasteiger partial charge in [0, 0.05) is 19.6 Å². The van der Waals surface area contributed by atoms with Crippen LogP contribution in [-0.4, -0.2) is 39.0 Å². The van der Waals surface area contributed by atoms with Crippen LogP contribution in [0.25, 0.3) is 0 Å². The third-order valence-electron chi connectivity index (χ3n) is 2.93. The van der Waals surface area contributed by atoms with Gasteiger partial charge in [-0.1, -0.05) is 6.07 Å². The Morgan fingerprint density at radius 3 is 3.06 bits per heavy atom. The maximum absolute atomic E-state index is 13.6. The Labute approximate surface area is 106 Å². The number of halogens is 1. The fraction of sp³-hybridized carbons (Fsp3) is 0.538. The molecule has 1 heterocycles. The molecular formula is C13H19FN2O2. The lowest BCUT2D eigenvalue weighted by molar-refractivity contribution is -0.0170. The molecule has 1 aromatic rings. The van der Waals surface area contributed by atoms with Crippen molar-refractivity contribution in [3.8, 4) is 5.75 Å². The second-order valence-corrected chi connectivity index (χ2v) is 4.44. The van der Waals surface area contributed by atoms with Gasteiger partial charge in [-0.2, -0.15) is 0 Å². The van der Waals surface area contributed by atoms with Crippen LogP contribution in [0.3, 0.4) is 0 Å². The highest BCUT2D eigenvalue weighted by molar-refractivity contribution is 5.56. The molecular weight excluding hydrogens is 235 g/mol. The summed E-state index contributed by atoms with van der Waals surface area (Å²) in [5.41, 5.74) is 0.645. The van der Waals surface area contributed by atoms with Gasteiger partial charge in [0.1, 0.15) is 12.7 Å². The van der Waals surface area contributed by atoms with Gasteiger partial charge in [-0.05, 0) is 19.1 Å². The summed E-state index contributed by atoms with van der Waals surface area (Å²) in [5.74, 6) is -0.110. The summed E-state index contributed by atoms with van der Waals surface area (Å²) in [7, 11) is 1.74. The third-order valence-corrected chi connectivity index (χ3v) is 2.93. The Morgan fingerprint density at radius 1 is 1.56 bits per heavy atom. The number of ether oxygens (including phenoxy) is 2. The molecule has 0 amide bonds. The molecule has 0 radical (unpaired) electrons. The maximum atomic E-state index is 13.6. The van der Waals surface area contributed by atoms with Crippen LogP contribution in [0, 0.1) is 5.82 Å². The van der Waals surface area contributed by atoms with Crippen molar-refractivity contribution in [3.63, 3.8) is 0 Å². The number of nitrogens with one attached hydrogen (secondary N) is 2. The molecule has 1 aliphatic rings. The third kappa shape index (κ3) is 3.11. The van der Waals surface area contributed by atoms with E-state index in [0.29, 0.717) is 24.9 Å². The molecule has 1 aliphatic heterocycles. The van der Waals surface area contributed by atoms with E-state index >= 15 is 0 Å². The molecule has 1 aromatic carbocycles. The predicted octanol–water partition coefficient (Wildman–Crippen LogP) is 1.62. The number of para-hydroxylation sites is 1. The van der Waals surface area contributed by atoms with Gasteiger partial charge < -0.3 is 20.1 Å². The molecule has 2 N–H and O–H groups in total. The van der Waals surface area contributed by atoms with Gasteiger partial charge >= 0.3 is 0 Å². The van der Waals surface area contributed by atoms with Crippen molar-refractivity contribution in [1.82, 2.24) is 5.32 Å². The van der Waals surface area contributed by atoms with Gasteiger partial charge in [0.15, 0.2) is 11.6 Å². The first kappa shape index (κ1) is 13.1. The van der Waals surface area contributed by atoms with E-state index in [1.807, 2.05) is 0 Å². The van der Waals surface area contributed by atoms with Crippen molar-refractivity contribution >= 4 is 5.69 Å². The highest BCUT2D eigenvalue weighted by Gasteiger charge is 2.19. The topological polar surface area (TPSA) is 42.5 Å². The summed E-state index contributed by atoms with van der Waals surface area (Å²) >= 11 is 0. The van der Waals surface area contributed by atoms with Crippen LogP contribution in [0.5, 0.6) is 5.75 Å². The van der Waals surface area contributed by atoms with Gasteiger partial charge in [-0.15, -0.1) is 0 Å². The van der Waals surface area contributed by atoms with Crippen LogP contribution in [-0.2, 0) is 4.74 Å². The number of hydrogen-bond donors (Lipinski definition) is 2. The Morgan fingerprint density at radius 2 is 2.39 bits per heavy atom. The van der Waals surface area contributed by atoms with Crippen molar-refractivity contribution in [2.24, 2.45) is 0 Å². The first-order chi connectivity index (χ1) is 8.70. The van der Waals surface area contributed by atoms with Crippen LogP contribution in [0.15, 0.2) is 18.2 Å². The molecule has 18 heavy (non-hydrogen) atoms. The summed E-state index contributed by atoms with van der Waals surface area (Å²) in [5, 5.41) is 6.21. The monoisotopic (exact) mass is 254 g/mol. The highest BCUT2D eigenvalue weighted by Crippen LogP contribution is 2.27. The zero-order valence-corrected chi connectivity index (χ0v) is 10.7. The summed E-state index contributed by atoms with van der Waals surface area (Å²) in [6.07, 6.45) is -0.0366. The number of morpholine rings is 1. The second-order valence-electron chi connectivity index (χ2n) is 4.44. The maximum Gasteiger partial charge on any atom is 0.178 e. The molecule has 0 aromatic heterocycles. The Hall–Kier alpha value is -1.33. The molecule has 0 unspecified atom stereocenters. The first-order valence-electron chi connectivity index (χ1n) is 6.14. The van der Waals surface area contributed by atoms with Crippen molar-refractivity contribution in [1.29, 1.82) is 0 Å². The van der Waals surface area contributed by atoms with E-state index in [-0.39, 0.29) is 17.7 Å². The summed E-state index contributed by atoms with van der Waals surface area (Å²) in [4.78, 5) is 0. The fourth-order valence-corrected chi connectivity index (χ4v) is 1.87. The first-order valence-corrected chi connectivity index (χ1v) is 6.14. The molecule has 5 heteroatoms. The molecule has 100 valence electrons. The van der Waals surface area contributed by atoms with Crippen molar-refractivity contribution in [2.75, 3.05) is 32.1 Å². The Kier molecular flexibility index (Phi) is 4.38. The van der Waals surface area contributed by atoms with Crippen molar-refractivity contribution < 1.29 is 13.9 Å². The molecule has 0 spiro atoms. The average molecular weight is 254 g/mol. The average Bonchev–Trinajstić information content (AvgIpc) is 2.39. The summed E-state index contributed by atoms with van der Waals surface area (Å²) < 4.78 is 24.8. The molecule has 0 aliphatic carbocycles. The minimum atomic E-state index is -0.362. The molecule has 1 saturated heterocycles. The van der Waals surface area contributed by atoms with Gasteiger partial charge in [0.2, 0.25) is 0 Å². The van der Waals surface area contributed by atoms with Crippen molar-refractivity contribution in [2.45, 2.75) is 19.1 Å². The van der Waals surface area contributed by atoms with Gasteiger partial charge in [0.05, 0.1) is 12.3 Å². The lowest BCUT2D eigenvalue weighted by Crippen LogP contribution is -2.46. The largest absolute Gasteiger partial charge is 0.486 e. The van der Waals surface area contributed by atoms with E-state index in [4.69, 9.17) is 9.47 Å². The highest BCUT2D eigenvalue weighted by atomic mass is 19.1. The molecule has 2 atom stereocenters. The minimum Gasteiger partial charge on any atom is -0.486 e. The van der Waals surface area contributed by atoms with Crippen LogP contribution in [0.2, 0.25) is 0 Å². The SMILES string of the molecule is CNc1cccc(F)c1OC[C@@H]1CN[C@H](C)CO1. The van der Waals surface area contributed by atoms with Gasteiger partial charge in [-0.25, -0.2) is 4.39 Å². The second kappa shape index (κ2) is 6.02. The Bertz CT molecular complexity index is 393. The number of rotatable bonds is 4. The zero-order chi connectivity index (χ0) is 13.0. The van der Waals surface area contributed by atoms with Crippen molar-refractivity contribution in [3.05, 3.63) is 24.0 Å². The lowest BCUT2D eigenvalue weighted by Gasteiger charge is -2.28. The van der Waals surface area contributed by atoms with E-state index in [0.717, 1.165) is 6.54 Å². The number of hydrogen-bond acceptors (Lipinski definition) is 4. The molecule has 0 bridgehead atoms. The van der Waals surface area contributed by atoms with Crippen LogP contribution in [0.4, 0.5) is 10.1 Å². The van der Waals surface area contributed by atoms with E-state index in [1.54, 1.807) is 19.2 Å². The summed E-state index contributed by atoms with van der Waals surface area (Å²) in [6, 6.07) is 5.18. The quantitative estimate of drug-likeness (QED) is 0.857. The molecule has 4 nitrogen and oxygen atoms in total. The predicted molar refractivity (Wildman–Crippen MR) is 68.6 cm³/mol. The van der Waals surface area contributed by atoms with Crippen LogP contribution < -0.4 is 15.4 Å². The number of anilines is 1. The van der Waals surface area contributed by atoms with Gasteiger partial charge in [-0.3, -0.25) is 0 Å². The lowest BCUT2D eigenvalue weighted by atomic mass is 10.2. The summed E-state index contributed by atoms with van der Waals surface area (Å²) in [6.45, 7) is 3.79. The van der Waals surface area contributed by atoms with E-state index in [2.05, 4.69) is 17.6 Å². The Balaban J connectivity index is 1.93. The minimum absolute atomic E-state index is 0.0366. The van der Waals surface area contributed by atoms with Crippen LogP contribution in [0.1, 0.15) is 6.92 Å².